The van der Waals surface area contributed by atoms with Crippen LogP contribution < -0.4 is 21.7 Å². The number of nitrogens with one attached hydrogen (secondary N) is 3. The molecule has 1 saturated heterocycles. The third kappa shape index (κ3) is 12.9. The Balaban J connectivity index is 1.72. The average Bonchev–Trinajstić information content (AvgIpc) is 3.47. The van der Waals surface area contributed by atoms with Gasteiger partial charge in [0.05, 0.1) is 32.6 Å². The standard InChI is InChI=1S/C35H46N4O9S/c1-33(2,3)47-29(42)19-25(31(43)39-26(32(44)48-34(4,5)6)18-22-10-8-7-9-11-22)38-28(41)21-37-27(40)20-35(45-16-17-46-35)24-14-12-23(13-15-24)30(36)49/h7-15,25-26H,16-21H2,1-6H3,(H2,36,49)(H,37,40)(H,38,41)(H,39,43)/t25-,26-/m0/s1. The van der Waals surface area contributed by atoms with E-state index in [1.54, 1.807) is 90.1 Å². The van der Waals surface area contributed by atoms with E-state index in [0.29, 0.717) is 11.1 Å². The normalized spacial score (nSPS) is 15.3. The van der Waals surface area contributed by atoms with Crippen LogP contribution in [0.25, 0.3) is 0 Å². The number of nitrogens with two attached hydrogens (primary N) is 1. The van der Waals surface area contributed by atoms with E-state index in [1.807, 2.05) is 6.07 Å². The van der Waals surface area contributed by atoms with Crippen molar-refractivity contribution < 1.29 is 42.9 Å². The molecule has 3 rings (SSSR count). The van der Waals surface area contributed by atoms with Crippen LogP contribution in [0.4, 0.5) is 0 Å². The quantitative estimate of drug-likeness (QED) is 0.168. The Morgan fingerprint density at radius 3 is 1.98 bits per heavy atom. The Morgan fingerprint density at radius 2 is 1.43 bits per heavy atom. The number of carbonyl (C=O) groups excluding carboxylic acids is 5. The van der Waals surface area contributed by atoms with Crippen molar-refractivity contribution in [3.63, 3.8) is 0 Å². The highest BCUT2D eigenvalue weighted by atomic mass is 32.1. The summed E-state index contributed by atoms with van der Waals surface area (Å²) in [5.41, 5.74) is 5.94. The van der Waals surface area contributed by atoms with Crippen LogP contribution in [0.1, 0.15) is 71.1 Å². The van der Waals surface area contributed by atoms with Crippen LogP contribution in [-0.2, 0) is 55.1 Å². The third-order valence-corrected chi connectivity index (χ3v) is 7.17. The van der Waals surface area contributed by atoms with Gasteiger partial charge in [0.15, 0.2) is 0 Å². The average molecular weight is 699 g/mol. The number of hydrogen-bond donors (Lipinski definition) is 4. The van der Waals surface area contributed by atoms with Crippen molar-refractivity contribution in [2.75, 3.05) is 19.8 Å². The van der Waals surface area contributed by atoms with Crippen LogP contribution >= 0.6 is 12.2 Å². The summed E-state index contributed by atoms with van der Waals surface area (Å²) >= 11 is 5.01. The fraction of sp³-hybridized carbons (Fsp3) is 0.486. The van der Waals surface area contributed by atoms with Gasteiger partial charge in [0.25, 0.3) is 0 Å². The highest BCUT2D eigenvalue weighted by Crippen LogP contribution is 2.35. The van der Waals surface area contributed by atoms with Gasteiger partial charge in [-0.3, -0.25) is 19.2 Å². The zero-order valence-electron chi connectivity index (χ0n) is 28.8. The largest absolute Gasteiger partial charge is 0.460 e. The van der Waals surface area contributed by atoms with Gasteiger partial charge < -0.3 is 40.6 Å². The van der Waals surface area contributed by atoms with E-state index in [1.165, 1.54) is 0 Å². The topological polar surface area (TPSA) is 184 Å². The van der Waals surface area contributed by atoms with Crippen LogP contribution in [0, 0.1) is 0 Å². The minimum absolute atomic E-state index is 0.0954. The molecule has 0 radical (unpaired) electrons. The lowest BCUT2D eigenvalue weighted by molar-refractivity contribution is -0.177. The van der Waals surface area contributed by atoms with E-state index in [0.717, 1.165) is 5.56 Å². The number of amides is 3. The number of thiocarbonyl (C=S) groups is 1. The molecule has 14 heteroatoms. The van der Waals surface area contributed by atoms with Crippen molar-refractivity contribution in [3.05, 3.63) is 71.3 Å². The van der Waals surface area contributed by atoms with Gasteiger partial charge >= 0.3 is 11.9 Å². The Hall–Kier alpha value is -4.40. The molecular weight excluding hydrogens is 652 g/mol. The van der Waals surface area contributed by atoms with Gasteiger partial charge in [-0.2, -0.15) is 0 Å². The molecule has 0 bridgehead atoms. The second kappa shape index (κ2) is 16.8. The van der Waals surface area contributed by atoms with Crippen molar-refractivity contribution in [2.24, 2.45) is 5.73 Å². The van der Waals surface area contributed by atoms with Crippen LogP contribution in [0.2, 0.25) is 0 Å². The first-order valence-electron chi connectivity index (χ1n) is 15.9. The lowest BCUT2D eigenvalue weighted by Gasteiger charge is -2.28. The van der Waals surface area contributed by atoms with E-state index in [9.17, 15) is 24.0 Å². The lowest BCUT2D eigenvalue weighted by atomic mass is 10.00. The SMILES string of the molecule is CC(C)(C)OC(=O)C[C@H](NC(=O)CNC(=O)CC1(c2ccc(C(N)=S)cc2)OCCO1)C(=O)N[C@@H](Cc1ccccc1)C(=O)OC(C)(C)C. The molecule has 2 atom stereocenters. The minimum Gasteiger partial charge on any atom is -0.460 e. The molecule has 0 spiro atoms. The minimum atomic E-state index is -1.44. The summed E-state index contributed by atoms with van der Waals surface area (Å²) < 4.78 is 22.6. The van der Waals surface area contributed by atoms with Gasteiger partial charge in [-0.25, -0.2) is 4.79 Å². The summed E-state index contributed by atoms with van der Waals surface area (Å²) in [5, 5.41) is 7.64. The molecular formula is C35H46N4O9S. The van der Waals surface area contributed by atoms with Gasteiger partial charge in [-0.15, -0.1) is 0 Å². The third-order valence-electron chi connectivity index (χ3n) is 6.94. The molecule has 1 aliphatic rings. The molecule has 5 N–H and O–H groups in total. The first-order valence-corrected chi connectivity index (χ1v) is 16.3. The van der Waals surface area contributed by atoms with Gasteiger partial charge in [0, 0.05) is 17.5 Å². The number of rotatable bonds is 14. The fourth-order valence-electron chi connectivity index (χ4n) is 4.86. The molecule has 2 aromatic rings. The summed E-state index contributed by atoms with van der Waals surface area (Å²) in [6.07, 6.45) is -0.716. The molecule has 49 heavy (non-hydrogen) atoms. The number of benzene rings is 2. The summed E-state index contributed by atoms with van der Waals surface area (Å²) in [6.45, 7) is 10.1. The van der Waals surface area contributed by atoms with Crippen LogP contribution in [-0.4, -0.2) is 77.7 Å². The predicted octanol–water partition coefficient (Wildman–Crippen LogP) is 2.31. The van der Waals surface area contributed by atoms with Crippen molar-refractivity contribution in [3.8, 4) is 0 Å². The Kier molecular flexibility index (Phi) is 13.4. The summed E-state index contributed by atoms with van der Waals surface area (Å²) in [6, 6.07) is 13.2. The summed E-state index contributed by atoms with van der Waals surface area (Å²) in [4.78, 5) is 65.9. The first kappa shape index (κ1) is 39.0. The number of carbonyl (C=O) groups is 5. The lowest BCUT2D eigenvalue weighted by Crippen LogP contribution is -2.55. The Bertz CT molecular complexity index is 1500. The van der Waals surface area contributed by atoms with E-state index in [4.69, 9.17) is 36.9 Å². The van der Waals surface area contributed by atoms with Gasteiger partial charge in [-0.05, 0) is 47.1 Å². The molecule has 2 aromatic carbocycles. The van der Waals surface area contributed by atoms with Gasteiger partial charge in [0.2, 0.25) is 23.5 Å². The molecule has 266 valence electrons. The van der Waals surface area contributed by atoms with Crippen molar-refractivity contribution in [2.45, 2.75) is 89.9 Å². The van der Waals surface area contributed by atoms with E-state index >= 15 is 0 Å². The Morgan fingerprint density at radius 1 is 0.837 bits per heavy atom. The predicted molar refractivity (Wildman–Crippen MR) is 184 cm³/mol. The highest BCUT2D eigenvalue weighted by Gasteiger charge is 2.41. The summed E-state index contributed by atoms with van der Waals surface area (Å²) in [5.74, 6) is -4.99. The zero-order valence-corrected chi connectivity index (χ0v) is 29.6. The Labute approximate surface area is 291 Å². The second-order valence-electron chi connectivity index (χ2n) is 13.5. The van der Waals surface area contributed by atoms with Gasteiger partial charge in [0.1, 0.15) is 28.3 Å². The molecule has 0 unspecified atom stereocenters. The zero-order chi connectivity index (χ0) is 36.4. The second-order valence-corrected chi connectivity index (χ2v) is 14.0. The van der Waals surface area contributed by atoms with Crippen LogP contribution in [0.15, 0.2) is 54.6 Å². The smallest absolute Gasteiger partial charge is 0.329 e. The molecule has 1 heterocycles. The number of hydrogen-bond acceptors (Lipinski definition) is 10. The maximum Gasteiger partial charge on any atom is 0.329 e. The van der Waals surface area contributed by atoms with Crippen LogP contribution in [0.5, 0.6) is 0 Å². The monoisotopic (exact) mass is 698 g/mol. The van der Waals surface area contributed by atoms with Crippen LogP contribution in [0.3, 0.4) is 0 Å². The first-order chi connectivity index (χ1) is 22.9. The molecule has 1 aliphatic heterocycles. The molecule has 0 aromatic heterocycles. The molecule has 13 nitrogen and oxygen atoms in total. The summed E-state index contributed by atoms with van der Waals surface area (Å²) in [7, 11) is 0. The van der Waals surface area contributed by atoms with Crippen molar-refractivity contribution in [1.29, 1.82) is 0 Å². The number of esters is 2. The maximum absolute atomic E-state index is 13.6. The molecule has 3 amide bonds. The van der Waals surface area contributed by atoms with E-state index in [-0.39, 0.29) is 31.0 Å². The van der Waals surface area contributed by atoms with Crippen molar-refractivity contribution in [1.82, 2.24) is 16.0 Å². The number of ether oxygens (including phenoxy) is 4. The highest BCUT2D eigenvalue weighted by molar-refractivity contribution is 7.80. The van der Waals surface area contributed by atoms with Crippen molar-refractivity contribution >= 4 is 46.9 Å². The fourth-order valence-corrected chi connectivity index (χ4v) is 5.00. The van der Waals surface area contributed by atoms with E-state index in [2.05, 4.69) is 16.0 Å². The van der Waals surface area contributed by atoms with E-state index < -0.39 is 71.7 Å². The molecule has 0 aliphatic carbocycles. The molecule has 0 saturated carbocycles. The van der Waals surface area contributed by atoms with Gasteiger partial charge in [-0.1, -0.05) is 66.8 Å². The molecule has 1 fully saturated rings. The maximum atomic E-state index is 13.6.